The van der Waals surface area contributed by atoms with E-state index in [9.17, 15) is 8.78 Å². The first-order valence-corrected chi connectivity index (χ1v) is 5.42. The van der Waals surface area contributed by atoms with E-state index in [0.29, 0.717) is 10.2 Å². The van der Waals surface area contributed by atoms with Crippen LogP contribution in [0.5, 0.6) is 0 Å². The molecule has 1 heterocycles. The molecule has 2 nitrogen and oxygen atoms in total. The van der Waals surface area contributed by atoms with Crippen molar-refractivity contribution < 1.29 is 8.78 Å². The predicted molar refractivity (Wildman–Crippen MR) is 62.0 cm³/mol. The SMILES string of the molecule is N#Cc1cc(F)c(-c2ccc(Br)nc2)c(F)c1. The zero-order valence-electron chi connectivity index (χ0n) is 8.42. The molecule has 1 aromatic heterocycles. The Labute approximate surface area is 105 Å². The summed E-state index contributed by atoms with van der Waals surface area (Å²) in [6, 6.07) is 6.83. The average molecular weight is 295 g/mol. The minimum atomic E-state index is -0.773. The molecule has 0 radical (unpaired) electrons. The first-order valence-electron chi connectivity index (χ1n) is 4.63. The predicted octanol–water partition coefficient (Wildman–Crippen LogP) is 3.66. The minimum absolute atomic E-state index is 0.0474. The van der Waals surface area contributed by atoms with Gasteiger partial charge in [0.2, 0.25) is 0 Å². The van der Waals surface area contributed by atoms with Crippen LogP contribution in [0.3, 0.4) is 0 Å². The van der Waals surface area contributed by atoms with Gasteiger partial charge in [-0.3, -0.25) is 0 Å². The van der Waals surface area contributed by atoms with Crippen LogP contribution < -0.4 is 0 Å². The fourth-order valence-electron chi connectivity index (χ4n) is 1.44. The molecular weight excluding hydrogens is 290 g/mol. The Morgan fingerprint density at radius 2 is 1.82 bits per heavy atom. The summed E-state index contributed by atoms with van der Waals surface area (Å²) in [6.07, 6.45) is 1.36. The molecule has 17 heavy (non-hydrogen) atoms. The number of hydrogen-bond acceptors (Lipinski definition) is 2. The third-order valence-corrected chi connectivity index (χ3v) is 2.66. The van der Waals surface area contributed by atoms with Gasteiger partial charge < -0.3 is 0 Å². The molecule has 84 valence electrons. The maximum absolute atomic E-state index is 13.7. The summed E-state index contributed by atoms with van der Waals surface area (Å²) in [5.74, 6) is -1.55. The fourth-order valence-corrected chi connectivity index (χ4v) is 1.67. The number of nitrogens with zero attached hydrogens (tertiary/aromatic N) is 2. The van der Waals surface area contributed by atoms with Gasteiger partial charge in [-0.05, 0) is 40.2 Å². The van der Waals surface area contributed by atoms with Crippen LogP contribution in [0.1, 0.15) is 5.56 Å². The normalized spacial score (nSPS) is 10.0. The highest BCUT2D eigenvalue weighted by molar-refractivity contribution is 9.10. The topological polar surface area (TPSA) is 36.7 Å². The van der Waals surface area contributed by atoms with E-state index in [1.165, 1.54) is 6.20 Å². The minimum Gasteiger partial charge on any atom is -0.249 e. The van der Waals surface area contributed by atoms with Gasteiger partial charge >= 0.3 is 0 Å². The van der Waals surface area contributed by atoms with Crippen molar-refractivity contribution in [3.8, 4) is 17.2 Å². The Kier molecular flexibility index (Phi) is 3.16. The first-order chi connectivity index (χ1) is 8.11. The van der Waals surface area contributed by atoms with Crippen LogP contribution in [0.2, 0.25) is 0 Å². The molecule has 0 atom stereocenters. The third-order valence-electron chi connectivity index (χ3n) is 2.19. The maximum atomic E-state index is 13.7. The quantitative estimate of drug-likeness (QED) is 0.753. The summed E-state index contributed by atoms with van der Waals surface area (Å²) in [4.78, 5) is 3.90. The fraction of sp³-hybridized carbons (Fsp3) is 0. The molecule has 0 amide bonds. The lowest BCUT2D eigenvalue weighted by atomic mass is 10.0. The van der Waals surface area contributed by atoms with Crippen molar-refractivity contribution in [3.05, 3.63) is 52.3 Å². The van der Waals surface area contributed by atoms with Gasteiger partial charge in [0.1, 0.15) is 16.2 Å². The molecule has 0 aliphatic rings. The van der Waals surface area contributed by atoms with Gasteiger partial charge in [-0.2, -0.15) is 5.26 Å². The number of rotatable bonds is 1. The molecule has 2 aromatic rings. The van der Waals surface area contributed by atoms with Crippen molar-refractivity contribution in [1.29, 1.82) is 5.26 Å². The van der Waals surface area contributed by atoms with Gasteiger partial charge in [-0.15, -0.1) is 0 Å². The first kappa shape index (κ1) is 11.7. The highest BCUT2D eigenvalue weighted by Gasteiger charge is 2.13. The van der Waals surface area contributed by atoms with Crippen molar-refractivity contribution in [2.75, 3.05) is 0 Å². The van der Waals surface area contributed by atoms with Gasteiger partial charge in [0.15, 0.2) is 0 Å². The van der Waals surface area contributed by atoms with E-state index in [4.69, 9.17) is 5.26 Å². The van der Waals surface area contributed by atoms with Crippen LogP contribution in [-0.4, -0.2) is 4.98 Å². The zero-order valence-corrected chi connectivity index (χ0v) is 10.0. The van der Waals surface area contributed by atoms with E-state index in [2.05, 4.69) is 20.9 Å². The van der Waals surface area contributed by atoms with E-state index in [-0.39, 0.29) is 11.1 Å². The van der Waals surface area contributed by atoms with Crippen molar-refractivity contribution in [2.45, 2.75) is 0 Å². The Morgan fingerprint density at radius 3 is 2.29 bits per heavy atom. The van der Waals surface area contributed by atoms with Gasteiger partial charge in [0.05, 0.1) is 17.2 Å². The largest absolute Gasteiger partial charge is 0.249 e. The van der Waals surface area contributed by atoms with Crippen LogP contribution in [0.25, 0.3) is 11.1 Å². The number of benzene rings is 1. The average Bonchev–Trinajstić information content (AvgIpc) is 2.30. The van der Waals surface area contributed by atoms with Crippen LogP contribution in [0.15, 0.2) is 35.1 Å². The number of halogens is 3. The van der Waals surface area contributed by atoms with E-state index in [0.717, 1.165) is 12.1 Å². The third kappa shape index (κ3) is 2.32. The number of pyridine rings is 1. The molecule has 0 aliphatic heterocycles. The van der Waals surface area contributed by atoms with E-state index in [1.807, 2.05) is 0 Å². The lowest BCUT2D eigenvalue weighted by Gasteiger charge is -2.05. The molecule has 0 saturated heterocycles. The summed E-state index contributed by atoms with van der Waals surface area (Å²) in [6.45, 7) is 0. The molecule has 0 saturated carbocycles. The molecule has 0 unspecified atom stereocenters. The van der Waals surface area contributed by atoms with Crippen LogP contribution in [-0.2, 0) is 0 Å². The van der Waals surface area contributed by atoms with Gasteiger partial charge in [0.25, 0.3) is 0 Å². The summed E-state index contributed by atoms with van der Waals surface area (Å²) in [5.41, 5.74) is 0.102. The van der Waals surface area contributed by atoms with Crippen molar-refractivity contribution in [1.82, 2.24) is 4.98 Å². The highest BCUT2D eigenvalue weighted by Crippen LogP contribution is 2.27. The molecule has 0 N–H and O–H groups in total. The Morgan fingerprint density at radius 1 is 1.18 bits per heavy atom. The van der Waals surface area contributed by atoms with Crippen molar-refractivity contribution >= 4 is 15.9 Å². The number of hydrogen-bond donors (Lipinski definition) is 0. The van der Waals surface area contributed by atoms with Gasteiger partial charge in [-0.25, -0.2) is 13.8 Å². The molecule has 0 spiro atoms. The van der Waals surface area contributed by atoms with E-state index >= 15 is 0 Å². The van der Waals surface area contributed by atoms with Gasteiger partial charge in [-0.1, -0.05) is 0 Å². The second-order valence-electron chi connectivity index (χ2n) is 3.30. The summed E-state index contributed by atoms with van der Waals surface area (Å²) >= 11 is 3.14. The lowest BCUT2D eigenvalue weighted by Crippen LogP contribution is -1.93. The molecular formula is C12H5BrF2N2. The zero-order chi connectivity index (χ0) is 12.4. The second-order valence-corrected chi connectivity index (χ2v) is 4.11. The monoisotopic (exact) mass is 294 g/mol. The maximum Gasteiger partial charge on any atom is 0.135 e. The molecule has 0 bridgehead atoms. The van der Waals surface area contributed by atoms with Crippen molar-refractivity contribution in [3.63, 3.8) is 0 Å². The summed E-state index contributed by atoms with van der Waals surface area (Å²) in [5, 5.41) is 8.58. The molecule has 1 aromatic carbocycles. The van der Waals surface area contributed by atoms with Crippen LogP contribution >= 0.6 is 15.9 Å². The Bertz CT molecular complexity index is 580. The molecule has 2 rings (SSSR count). The van der Waals surface area contributed by atoms with E-state index < -0.39 is 11.6 Å². The second kappa shape index (κ2) is 4.60. The molecule has 0 aliphatic carbocycles. The standard InChI is InChI=1S/C12H5BrF2N2/c13-11-2-1-8(6-17-11)12-9(14)3-7(5-16)4-10(12)15/h1-4,6H. The molecule has 0 fully saturated rings. The van der Waals surface area contributed by atoms with Crippen LogP contribution in [0, 0.1) is 23.0 Å². The van der Waals surface area contributed by atoms with Crippen LogP contribution in [0.4, 0.5) is 8.78 Å². The smallest absolute Gasteiger partial charge is 0.135 e. The Balaban J connectivity index is 2.60. The molecule has 5 heteroatoms. The number of nitriles is 1. The lowest BCUT2D eigenvalue weighted by molar-refractivity contribution is 0.588. The van der Waals surface area contributed by atoms with Crippen molar-refractivity contribution in [2.24, 2.45) is 0 Å². The van der Waals surface area contributed by atoms with E-state index in [1.54, 1.807) is 18.2 Å². The number of aromatic nitrogens is 1. The summed E-state index contributed by atoms with van der Waals surface area (Å²) in [7, 11) is 0. The Hall–Kier alpha value is -1.80. The van der Waals surface area contributed by atoms with Gasteiger partial charge in [0, 0.05) is 11.8 Å². The summed E-state index contributed by atoms with van der Waals surface area (Å²) < 4.78 is 27.9. The highest BCUT2D eigenvalue weighted by atomic mass is 79.9.